The quantitative estimate of drug-likeness (QED) is 0.483. The van der Waals surface area contributed by atoms with E-state index in [1.807, 2.05) is 18.4 Å². The molecule has 166 valence electrons. The van der Waals surface area contributed by atoms with Crippen LogP contribution in [0.15, 0.2) is 24.5 Å². The second-order valence-corrected chi connectivity index (χ2v) is 7.64. The SMILES string of the molecule is CC(C)n1c(CC2CC2)nc2ccc(C(F)(F)F)nc21.Cc1cnc(C(=O)NF)cn1. The number of alkyl halides is 3. The van der Waals surface area contributed by atoms with Crippen molar-refractivity contribution in [1.29, 1.82) is 0 Å². The van der Waals surface area contributed by atoms with Gasteiger partial charge in [0.15, 0.2) is 5.65 Å². The fourth-order valence-electron chi connectivity index (χ4n) is 3.00. The number of nitrogens with zero attached hydrogens (tertiary/aromatic N) is 5. The molecule has 31 heavy (non-hydrogen) atoms. The Bertz CT molecular complexity index is 1060. The Morgan fingerprint density at radius 3 is 2.42 bits per heavy atom. The number of pyridine rings is 1. The van der Waals surface area contributed by atoms with E-state index in [4.69, 9.17) is 0 Å². The highest BCUT2D eigenvalue weighted by molar-refractivity contribution is 5.90. The van der Waals surface area contributed by atoms with E-state index < -0.39 is 17.8 Å². The summed E-state index contributed by atoms with van der Waals surface area (Å²) >= 11 is 0. The topological polar surface area (TPSA) is 85.6 Å². The zero-order valence-electron chi connectivity index (χ0n) is 17.2. The van der Waals surface area contributed by atoms with Crippen molar-refractivity contribution in [2.45, 2.75) is 52.3 Å². The van der Waals surface area contributed by atoms with Crippen LogP contribution in [-0.4, -0.2) is 30.4 Å². The molecule has 0 atom stereocenters. The number of rotatable bonds is 4. The van der Waals surface area contributed by atoms with Crippen LogP contribution in [0, 0.1) is 12.8 Å². The molecule has 1 fully saturated rings. The Morgan fingerprint density at radius 1 is 1.19 bits per heavy atom. The second kappa shape index (κ2) is 8.94. The van der Waals surface area contributed by atoms with E-state index >= 15 is 0 Å². The Morgan fingerprint density at radius 2 is 1.90 bits per heavy atom. The number of hydrogen-bond donors (Lipinski definition) is 1. The standard InChI is InChI=1S/C14H16F3N3.C6H6FN3O/c1-8(2)20-12(7-9-3-4-9)18-10-5-6-11(14(15,16)17)19-13(10)20;1-4-2-9-5(3-8-4)6(11)10-7/h5-6,8-9H,3-4,7H2,1-2H3;2-3H,1H3,(H,10,11). The van der Waals surface area contributed by atoms with Gasteiger partial charge in [-0.05, 0) is 51.7 Å². The van der Waals surface area contributed by atoms with Gasteiger partial charge in [0.1, 0.15) is 22.7 Å². The number of imidazole rings is 1. The van der Waals surface area contributed by atoms with Gasteiger partial charge in [0.05, 0.1) is 11.9 Å². The van der Waals surface area contributed by atoms with Crippen LogP contribution in [0.4, 0.5) is 17.7 Å². The average Bonchev–Trinajstić information content (AvgIpc) is 3.45. The zero-order chi connectivity index (χ0) is 22.8. The molecule has 7 nitrogen and oxygen atoms in total. The minimum atomic E-state index is -4.42. The molecule has 0 aromatic carbocycles. The molecule has 1 amide bonds. The molecule has 0 saturated heterocycles. The average molecular weight is 438 g/mol. The van der Waals surface area contributed by atoms with Crippen LogP contribution < -0.4 is 5.54 Å². The largest absolute Gasteiger partial charge is 0.433 e. The van der Waals surface area contributed by atoms with Gasteiger partial charge in [-0.1, -0.05) is 4.48 Å². The van der Waals surface area contributed by atoms with Crippen LogP contribution in [-0.2, 0) is 12.6 Å². The molecule has 1 aliphatic rings. The predicted octanol–water partition coefficient (Wildman–Crippen LogP) is 4.38. The first-order valence-corrected chi connectivity index (χ1v) is 9.74. The molecule has 3 heterocycles. The first-order chi connectivity index (χ1) is 14.6. The maximum atomic E-state index is 12.8. The number of aromatic nitrogens is 5. The lowest BCUT2D eigenvalue weighted by Crippen LogP contribution is -2.15. The minimum Gasteiger partial charge on any atom is -0.310 e. The van der Waals surface area contributed by atoms with E-state index in [0.717, 1.165) is 23.9 Å². The molecule has 11 heteroatoms. The Labute approximate surface area is 175 Å². The van der Waals surface area contributed by atoms with Crippen LogP contribution in [0.5, 0.6) is 0 Å². The van der Waals surface area contributed by atoms with Crippen molar-refractivity contribution in [3.05, 3.63) is 47.4 Å². The normalized spacial score (nSPS) is 13.8. The summed E-state index contributed by atoms with van der Waals surface area (Å²) in [6, 6.07) is 2.46. The van der Waals surface area contributed by atoms with E-state index in [2.05, 4.69) is 19.9 Å². The monoisotopic (exact) mass is 438 g/mol. The van der Waals surface area contributed by atoms with Crippen molar-refractivity contribution in [3.8, 4) is 0 Å². The minimum absolute atomic E-state index is 0.0295. The van der Waals surface area contributed by atoms with E-state index in [-0.39, 0.29) is 11.7 Å². The van der Waals surface area contributed by atoms with Crippen LogP contribution >= 0.6 is 0 Å². The molecule has 0 unspecified atom stereocenters. The summed E-state index contributed by atoms with van der Waals surface area (Å²) in [5.74, 6) is 0.605. The Balaban J connectivity index is 0.000000210. The summed E-state index contributed by atoms with van der Waals surface area (Å²) in [4.78, 5) is 26.2. The smallest absolute Gasteiger partial charge is 0.310 e. The van der Waals surface area contributed by atoms with Gasteiger partial charge in [-0.3, -0.25) is 9.78 Å². The number of halogens is 4. The van der Waals surface area contributed by atoms with Crippen molar-refractivity contribution in [2.24, 2.45) is 5.92 Å². The van der Waals surface area contributed by atoms with E-state index in [9.17, 15) is 22.4 Å². The second-order valence-electron chi connectivity index (χ2n) is 7.64. The first-order valence-electron chi connectivity index (χ1n) is 9.74. The van der Waals surface area contributed by atoms with Gasteiger partial charge >= 0.3 is 6.18 Å². The molecule has 3 aromatic rings. The summed E-state index contributed by atoms with van der Waals surface area (Å²) in [5, 5.41) is 0. The molecule has 1 N–H and O–H groups in total. The number of carbonyl (C=O) groups excluding carboxylic acids is 1. The van der Waals surface area contributed by atoms with Crippen molar-refractivity contribution >= 4 is 17.1 Å². The molecular formula is C20H22F4N6O. The van der Waals surface area contributed by atoms with Gasteiger partial charge in [-0.15, -0.1) is 0 Å². The van der Waals surface area contributed by atoms with Crippen LogP contribution in [0.25, 0.3) is 11.2 Å². The fraction of sp³-hybridized carbons (Fsp3) is 0.450. The molecule has 0 spiro atoms. The number of fused-ring (bicyclic) bond motifs is 1. The molecule has 0 aliphatic heterocycles. The molecule has 1 aliphatic carbocycles. The van der Waals surface area contributed by atoms with E-state index in [1.54, 1.807) is 6.92 Å². The van der Waals surface area contributed by atoms with Gasteiger partial charge in [-0.2, -0.15) is 18.7 Å². The highest BCUT2D eigenvalue weighted by atomic mass is 19.4. The van der Waals surface area contributed by atoms with Gasteiger partial charge in [0.2, 0.25) is 0 Å². The van der Waals surface area contributed by atoms with Crippen LogP contribution in [0.2, 0.25) is 0 Å². The molecule has 1 saturated carbocycles. The van der Waals surface area contributed by atoms with E-state index in [0.29, 0.717) is 22.8 Å². The molecular weight excluding hydrogens is 416 g/mol. The van der Waals surface area contributed by atoms with Gasteiger partial charge < -0.3 is 4.57 Å². The van der Waals surface area contributed by atoms with Crippen LogP contribution in [0.3, 0.4) is 0 Å². The fourth-order valence-corrected chi connectivity index (χ4v) is 3.00. The van der Waals surface area contributed by atoms with Gasteiger partial charge in [-0.25, -0.2) is 15.0 Å². The predicted molar refractivity (Wildman–Crippen MR) is 105 cm³/mol. The summed E-state index contributed by atoms with van der Waals surface area (Å²) in [7, 11) is 0. The molecule has 3 aromatic heterocycles. The third kappa shape index (κ3) is 5.53. The first kappa shape index (κ1) is 22.6. The highest BCUT2D eigenvalue weighted by Crippen LogP contribution is 2.35. The third-order valence-corrected chi connectivity index (χ3v) is 4.68. The molecule has 4 rings (SSSR count). The third-order valence-electron chi connectivity index (χ3n) is 4.68. The lowest BCUT2D eigenvalue weighted by atomic mass is 10.2. The Hall–Kier alpha value is -3.11. The van der Waals surface area contributed by atoms with Crippen molar-refractivity contribution < 1.29 is 22.4 Å². The number of amides is 1. The summed E-state index contributed by atoms with van der Waals surface area (Å²) in [6.07, 6.45) is 1.38. The summed E-state index contributed by atoms with van der Waals surface area (Å²) in [6.45, 7) is 5.61. The zero-order valence-corrected chi connectivity index (χ0v) is 17.2. The summed E-state index contributed by atoms with van der Waals surface area (Å²) in [5.41, 5.74) is 1.64. The number of aryl methyl sites for hydroxylation is 1. The lowest BCUT2D eigenvalue weighted by molar-refractivity contribution is -0.141. The van der Waals surface area contributed by atoms with Gasteiger partial charge in [0, 0.05) is 18.7 Å². The number of carbonyl (C=O) groups is 1. The highest BCUT2D eigenvalue weighted by Gasteiger charge is 2.33. The maximum Gasteiger partial charge on any atom is 0.433 e. The Kier molecular flexibility index (Phi) is 6.51. The molecule has 0 bridgehead atoms. The van der Waals surface area contributed by atoms with Gasteiger partial charge in [0.25, 0.3) is 5.91 Å². The molecule has 0 radical (unpaired) electrons. The van der Waals surface area contributed by atoms with Crippen molar-refractivity contribution in [3.63, 3.8) is 0 Å². The van der Waals surface area contributed by atoms with Crippen molar-refractivity contribution in [1.82, 2.24) is 30.0 Å². The van der Waals surface area contributed by atoms with Crippen molar-refractivity contribution in [2.75, 3.05) is 0 Å². The number of nitrogens with one attached hydrogen (secondary N) is 1. The summed E-state index contributed by atoms with van der Waals surface area (Å²) < 4.78 is 51.7. The van der Waals surface area contributed by atoms with E-state index in [1.165, 1.54) is 31.3 Å². The van der Waals surface area contributed by atoms with Crippen LogP contribution in [0.1, 0.15) is 60.4 Å². The maximum absolute atomic E-state index is 12.8. The lowest BCUT2D eigenvalue weighted by Gasteiger charge is -2.13. The number of hydrogen-bond acceptors (Lipinski definition) is 5.